The van der Waals surface area contributed by atoms with Crippen LogP contribution >= 0.6 is 31.9 Å². The Bertz CT molecular complexity index is 958. The second kappa shape index (κ2) is 5.81. The molecule has 23 heavy (non-hydrogen) atoms. The zero-order valence-corrected chi connectivity index (χ0v) is 15.5. The first-order chi connectivity index (χ1) is 11.1. The van der Waals surface area contributed by atoms with E-state index in [0.29, 0.717) is 5.75 Å². The summed E-state index contributed by atoms with van der Waals surface area (Å²) in [5.74, 6) is 0.304. The average Bonchev–Trinajstić information content (AvgIpc) is 2.55. The van der Waals surface area contributed by atoms with Gasteiger partial charge in [-0.05, 0) is 74.4 Å². The Balaban J connectivity index is 2.13. The Morgan fingerprint density at radius 2 is 1.83 bits per heavy atom. The van der Waals surface area contributed by atoms with E-state index in [-0.39, 0.29) is 0 Å². The van der Waals surface area contributed by atoms with E-state index in [1.165, 1.54) is 11.1 Å². The van der Waals surface area contributed by atoms with Gasteiger partial charge in [-0.3, -0.25) is 0 Å². The number of allylic oxidation sites excluding steroid dienone is 1. The molecule has 0 fully saturated rings. The summed E-state index contributed by atoms with van der Waals surface area (Å²) in [7, 11) is 0. The zero-order valence-electron chi connectivity index (χ0n) is 12.3. The Labute approximate surface area is 151 Å². The van der Waals surface area contributed by atoms with Gasteiger partial charge < -0.3 is 5.11 Å². The minimum absolute atomic E-state index is 0.304. The molecular weight excluding hydrogens is 416 g/mol. The van der Waals surface area contributed by atoms with Crippen molar-refractivity contribution in [3.63, 3.8) is 0 Å². The van der Waals surface area contributed by atoms with Gasteiger partial charge in [0.05, 0.1) is 4.47 Å². The van der Waals surface area contributed by atoms with Crippen LogP contribution in [-0.4, -0.2) is 5.11 Å². The highest BCUT2D eigenvalue weighted by Gasteiger charge is 2.19. The van der Waals surface area contributed by atoms with Gasteiger partial charge in [-0.2, -0.15) is 0 Å². The third kappa shape index (κ3) is 2.52. The van der Waals surface area contributed by atoms with Crippen molar-refractivity contribution in [2.75, 3.05) is 0 Å². The molecule has 4 rings (SSSR count). The molecule has 1 aliphatic carbocycles. The summed E-state index contributed by atoms with van der Waals surface area (Å²) < 4.78 is 1.76. The second-order valence-electron chi connectivity index (χ2n) is 5.77. The van der Waals surface area contributed by atoms with E-state index in [2.05, 4.69) is 68.3 Å². The molecule has 3 heteroatoms. The minimum Gasteiger partial charge on any atom is -0.506 e. The van der Waals surface area contributed by atoms with Crippen molar-refractivity contribution in [1.29, 1.82) is 0 Å². The van der Waals surface area contributed by atoms with E-state index in [4.69, 9.17) is 0 Å². The molecule has 0 heterocycles. The molecule has 0 saturated heterocycles. The highest BCUT2D eigenvalue weighted by atomic mass is 79.9. The molecule has 0 amide bonds. The Morgan fingerprint density at radius 3 is 2.70 bits per heavy atom. The van der Waals surface area contributed by atoms with Crippen LogP contribution in [0, 0.1) is 0 Å². The van der Waals surface area contributed by atoms with Gasteiger partial charge in [0.1, 0.15) is 5.75 Å². The molecule has 0 aliphatic heterocycles. The SMILES string of the molecule is Oc1c(Br)cc2ccccc2c1-c1cc(Br)cc2c1CCC=C2. The van der Waals surface area contributed by atoms with E-state index in [1.54, 1.807) is 0 Å². The van der Waals surface area contributed by atoms with Crippen LogP contribution in [0.5, 0.6) is 5.75 Å². The maximum absolute atomic E-state index is 10.8. The van der Waals surface area contributed by atoms with E-state index in [1.807, 2.05) is 18.2 Å². The molecule has 1 aliphatic rings. The first-order valence-electron chi connectivity index (χ1n) is 7.54. The number of fused-ring (bicyclic) bond motifs is 2. The molecule has 3 aromatic carbocycles. The lowest BCUT2D eigenvalue weighted by Crippen LogP contribution is -1.99. The molecule has 0 atom stereocenters. The van der Waals surface area contributed by atoms with Crippen molar-refractivity contribution >= 4 is 48.7 Å². The van der Waals surface area contributed by atoms with Crippen LogP contribution < -0.4 is 0 Å². The number of rotatable bonds is 1. The van der Waals surface area contributed by atoms with E-state index in [9.17, 15) is 5.11 Å². The van der Waals surface area contributed by atoms with Crippen LogP contribution in [0.1, 0.15) is 17.5 Å². The van der Waals surface area contributed by atoms with Crippen molar-refractivity contribution in [1.82, 2.24) is 0 Å². The average molecular weight is 430 g/mol. The summed E-state index contributed by atoms with van der Waals surface area (Å²) in [6, 6.07) is 14.4. The third-order valence-electron chi connectivity index (χ3n) is 4.35. The van der Waals surface area contributed by atoms with Crippen LogP contribution in [0.15, 0.2) is 57.5 Å². The Morgan fingerprint density at radius 1 is 1.00 bits per heavy atom. The maximum atomic E-state index is 10.8. The quantitative estimate of drug-likeness (QED) is 0.456. The number of benzene rings is 3. The van der Waals surface area contributed by atoms with Gasteiger partial charge in [0, 0.05) is 10.0 Å². The lowest BCUT2D eigenvalue weighted by molar-refractivity contribution is 0.474. The second-order valence-corrected chi connectivity index (χ2v) is 7.54. The fourth-order valence-corrected chi connectivity index (χ4v) is 4.24. The fraction of sp³-hybridized carbons (Fsp3) is 0.100. The smallest absolute Gasteiger partial charge is 0.138 e. The minimum atomic E-state index is 0.304. The largest absolute Gasteiger partial charge is 0.506 e. The van der Waals surface area contributed by atoms with Gasteiger partial charge in [-0.1, -0.05) is 52.3 Å². The van der Waals surface area contributed by atoms with E-state index in [0.717, 1.165) is 43.7 Å². The van der Waals surface area contributed by atoms with Gasteiger partial charge in [-0.25, -0.2) is 0 Å². The molecule has 1 N–H and O–H groups in total. The standard InChI is InChI=1S/C20H14Br2O/c21-14-9-12-5-1-3-7-15(12)17(11-14)19-16-8-4-2-6-13(16)10-18(22)20(19)23/h1-2,4-6,8-11,23H,3,7H2. The van der Waals surface area contributed by atoms with Crippen LogP contribution in [0.25, 0.3) is 28.0 Å². The molecule has 0 spiro atoms. The van der Waals surface area contributed by atoms with Crippen molar-refractivity contribution in [2.45, 2.75) is 12.8 Å². The summed E-state index contributed by atoms with van der Waals surface area (Å²) in [5.41, 5.74) is 4.54. The third-order valence-corrected chi connectivity index (χ3v) is 5.41. The molecule has 0 aromatic heterocycles. The van der Waals surface area contributed by atoms with Crippen LogP contribution in [0.4, 0.5) is 0 Å². The molecule has 1 nitrogen and oxygen atoms in total. The topological polar surface area (TPSA) is 20.2 Å². The number of aromatic hydroxyl groups is 1. The van der Waals surface area contributed by atoms with Gasteiger partial charge in [0.25, 0.3) is 0 Å². The number of halogens is 2. The molecule has 0 unspecified atom stereocenters. The van der Waals surface area contributed by atoms with E-state index >= 15 is 0 Å². The molecule has 114 valence electrons. The number of phenols is 1. The summed E-state index contributed by atoms with van der Waals surface area (Å²) >= 11 is 7.12. The van der Waals surface area contributed by atoms with E-state index < -0.39 is 0 Å². The molecule has 0 radical (unpaired) electrons. The zero-order chi connectivity index (χ0) is 16.0. The number of phenolic OH excluding ortho intramolecular Hbond substituents is 1. The summed E-state index contributed by atoms with van der Waals surface area (Å²) in [6.45, 7) is 0. The normalized spacial score (nSPS) is 13.3. The van der Waals surface area contributed by atoms with Gasteiger partial charge in [0.2, 0.25) is 0 Å². The first-order valence-corrected chi connectivity index (χ1v) is 9.13. The fourth-order valence-electron chi connectivity index (χ4n) is 3.32. The predicted molar refractivity (Wildman–Crippen MR) is 104 cm³/mol. The summed E-state index contributed by atoms with van der Waals surface area (Å²) in [6.07, 6.45) is 6.41. The molecule has 0 bridgehead atoms. The summed E-state index contributed by atoms with van der Waals surface area (Å²) in [5, 5.41) is 13.0. The Kier molecular flexibility index (Phi) is 3.78. The van der Waals surface area contributed by atoms with Crippen molar-refractivity contribution in [3.05, 3.63) is 68.6 Å². The van der Waals surface area contributed by atoms with Crippen molar-refractivity contribution in [2.24, 2.45) is 0 Å². The van der Waals surface area contributed by atoms with Crippen LogP contribution in [-0.2, 0) is 6.42 Å². The summed E-state index contributed by atoms with van der Waals surface area (Å²) in [4.78, 5) is 0. The molecule has 3 aromatic rings. The molecule has 0 saturated carbocycles. The van der Waals surface area contributed by atoms with Crippen molar-refractivity contribution in [3.8, 4) is 16.9 Å². The lowest BCUT2D eigenvalue weighted by atomic mass is 9.87. The monoisotopic (exact) mass is 428 g/mol. The maximum Gasteiger partial charge on any atom is 0.138 e. The number of hydrogen-bond donors (Lipinski definition) is 1. The molecular formula is C20H14Br2O. The lowest BCUT2D eigenvalue weighted by Gasteiger charge is -2.19. The van der Waals surface area contributed by atoms with Crippen LogP contribution in [0.2, 0.25) is 0 Å². The first kappa shape index (κ1) is 15.0. The van der Waals surface area contributed by atoms with Gasteiger partial charge in [0.15, 0.2) is 0 Å². The highest BCUT2D eigenvalue weighted by molar-refractivity contribution is 9.10. The van der Waals surface area contributed by atoms with Gasteiger partial charge >= 0.3 is 0 Å². The van der Waals surface area contributed by atoms with Gasteiger partial charge in [-0.15, -0.1) is 0 Å². The highest BCUT2D eigenvalue weighted by Crippen LogP contribution is 2.45. The Hall–Kier alpha value is -1.58. The number of hydrogen-bond acceptors (Lipinski definition) is 1. The van der Waals surface area contributed by atoms with Crippen molar-refractivity contribution < 1.29 is 5.11 Å². The van der Waals surface area contributed by atoms with Crippen LogP contribution in [0.3, 0.4) is 0 Å². The predicted octanol–water partition coefficient (Wildman–Crippen LogP) is 6.70.